The summed E-state index contributed by atoms with van der Waals surface area (Å²) in [6, 6.07) is 8.56. The van der Waals surface area contributed by atoms with Gasteiger partial charge >= 0.3 is 0 Å². The van der Waals surface area contributed by atoms with Crippen LogP contribution >= 0.6 is 11.3 Å². The molecular formula is C25H29NO4S. The van der Waals surface area contributed by atoms with Crippen molar-refractivity contribution in [3.63, 3.8) is 0 Å². The van der Waals surface area contributed by atoms with Crippen LogP contribution in [0.5, 0.6) is 5.75 Å². The fourth-order valence-corrected chi connectivity index (χ4v) is 5.63. The number of hydrogen-bond acceptors (Lipinski definition) is 5. The molecule has 31 heavy (non-hydrogen) atoms. The summed E-state index contributed by atoms with van der Waals surface area (Å²) in [7, 11) is 0. The Labute approximate surface area is 187 Å². The SMILES string of the molecule is CCCOc1ccc(/C(O)=C2/C(=O)C(=O)N(C3CCCCC3)C2c2sccc2C)cc1. The minimum absolute atomic E-state index is 0.0341. The third-order valence-electron chi connectivity index (χ3n) is 6.20. The standard InChI is InChI=1S/C25H29NO4S/c1-3-14-30-19-11-9-17(10-12-19)22(27)20-21(24-16(2)13-15-31-24)26(25(29)23(20)28)18-7-5-4-6-8-18/h9-13,15,18,21,27H,3-8,14H2,1-2H3/b22-20-. The fraction of sp³-hybridized carbons (Fsp3) is 0.440. The number of aliphatic hydroxyl groups excluding tert-OH is 1. The first-order valence-electron chi connectivity index (χ1n) is 11.1. The van der Waals surface area contributed by atoms with Crippen molar-refractivity contribution in [3.8, 4) is 5.75 Å². The molecule has 1 aliphatic carbocycles. The first-order chi connectivity index (χ1) is 15.0. The Morgan fingerprint density at radius 1 is 1.13 bits per heavy atom. The van der Waals surface area contributed by atoms with E-state index < -0.39 is 17.7 Å². The largest absolute Gasteiger partial charge is 0.507 e. The summed E-state index contributed by atoms with van der Waals surface area (Å²) in [6.07, 6.45) is 5.99. The number of aryl methyl sites for hydroxylation is 1. The van der Waals surface area contributed by atoms with Crippen LogP contribution < -0.4 is 4.74 Å². The Morgan fingerprint density at radius 2 is 1.84 bits per heavy atom. The Hall–Kier alpha value is -2.60. The molecule has 1 aliphatic heterocycles. The lowest BCUT2D eigenvalue weighted by molar-refractivity contribution is -0.141. The maximum absolute atomic E-state index is 13.2. The zero-order valence-corrected chi connectivity index (χ0v) is 18.9. The van der Waals surface area contributed by atoms with E-state index in [2.05, 4.69) is 0 Å². The van der Waals surface area contributed by atoms with E-state index in [1.807, 2.05) is 25.3 Å². The van der Waals surface area contributed by atoms with Crippen LogP contribution in [0, 0.1) is 6.92 Å². The Balaban J connectivity index is 1.77. The molecule has 0 radical (unpaired) electrons. The Kier molecular flexibility index (Phi) is 6.46. The van der Waals surface area contributed by atoms with Gasteiger partial charge in [0.1, 0.15) is 17.6 Å². The van der Waals surface area contributed by atoms with Gasteiger partial charge in [-0.15, -0.1) is 11.3 Å². The third-order valence-corrected chi connectivity index (χ3v) is 7.27. The monoisotopic (exact) mass is 439 g/mol. The molecular weight excluding hydrogens is 410 g/mol. The van der Waals surface area contributed by atoms with Gasteiger partial charge in [0.2, 0.25) is 0 Å². The zero-order valence-electron chi connectivity index (χ0n) is 18.1. The second-order valence-electron chi connectivity index (χ2n) is 8.34. The van der Waals surface area contributed by atoms with Crippen molar-refractivity contribution in [1.29, 1.82) is 0 Å². The molecule has 2 fully saturated rings. The number of rotatable bonds is 6. The van der Waals surface area contributed by atoms with E-state index in [1.54, 1.807) is 29.2 Å². The zero-order chi connectivity index (χ0) is 22.0. The number of benzene rings is 1. The molecule has 1 aromatic heterocycles. The predicted octanol–water partition coefficient (Wildman–Crippen LogP) is 5.60. The number of hydrogen-bond donors (Lipinski definition) is 1. The fourth-order valence-electron chi connectivity index (χ4n) is 4.59. The molecule has 1 N–H and O–H groups in total. The van der Waals surface area contributed by atoms with E-state index in [4.69, 9.17) is 4.74 Å². The van der Waals surface area contributed by atoms with Gasteiger partial charge in [0.05, 0.1) is 12.2 Å². The van der Waals surface area contributed by atoms with Gasteiger partial charge in [-0.3, -0.25) is 9.59 Å². The summed E-state index contributed by atoms with van der Waals surface area (Å²) in [5.74, 6) is -0.482. The number of aliphatic hydroxyl groups is 1. The molecule has 164 valence electrons. The van der Waals surface area contributed by atoms with Crippen molar-refractivity contribution in [2.75, 3.05) is 6.61 Å². The van der Waals surface area contributed by atoms with Crippen molar-refractivity contribution >= 4 is 28.8 Å². The van der Waals surface area contributed by atoms with E-state index in [9.17, 15) is 14.7 Å². The lowest BCUT2D eigenvalue weighted by Gasteiger charge is -2.35. The van der Waals surface area contributed by atoms with E-state index in [0.29, 0.717) is 17.9 Å². The molecule has 0 bridgehead atoms. The number of carbonyl (C=O) groups is 2. The number of Topliss-reactive ketones (excluding diaryl/α,β-unsaturated/α-hetero) is 1. The highest BCUT2D eigenvalue weighted by atomic mass is 32.1. The highest BCUT2D eigenvalue weighted by molar-refractivity contribution is 7.10. The molecule has 1 saturated heterocycles. The lowest BCUT2D eigenvalue weighted by Crippen LogP contribution is -2.40. The van der Waals surface area contributed by atoms with Crippen LogP contribution in [-0.4, -0.2) is 34.3 Å². The van der Waals surface area contributed by atoms with Crippen molar-refractivity contribution in [1.82, 2.24) is 4.90 Å². The number of thiophene rings is 1. The Bertz CT molecular complexity index is 985. The quantitative estimate of drug-likeness (QED) is 0.361. The molecule has 1 atom stereocenters. The van der Waals surface area contributed by atoms with Gasteiger partial charge < -0.3 is 14.7 Å². The number of carbonyl (C=O) groups excluding carboxylic acids is 2. The normalized spacial score (nSPS) is 21.6. The average Bonchev–Trinajstić information content (AvgIpc) is 3.33. The van der Waals surface area contributed by atoms with E-state index in [-0.39, 0.29) is 17.4 Å². The summed E-state index contributed by atoms with van der Waals surface area (Å²) in [5.41, 5.74) is 1.75. The second-order valence-corrected chi connectivity index (χ2v) is 9.29. The third kappa shape index (κ3) is 4.13. The number of ketones is 1. The summed E-state index contributed by atoms with van der Waals surface area (Å²) in [5, 5.41) is 13.2. The first-order valence-corrected chi connectivity index (χ1v) is 12.0. The molecule has 2 aromatic rings. The molecule has 1 amide bonds. The summed E-state index contributed by atoms with van der Waals surface area (Å²) in [4.78, 5) is 29.0. The maximum atomic E-state index is 13.2. The van der Waals surface area contributed by atoms with Gasteiger partial charge in [-0.05, 0) is 67.5 Å². The minimum Gasteiger partial charge on any atom is -0.507 e. The van der Waals surface area contributed by atoms with Gasteiger partial charge in [0.15, 0.2) is 0 Å². The van der Waals surface area contributed by atoms with Crippen molar-refractivity contribution < 1.29 is 19.4 Å². The second kappa shape index (κ2) is 9.27. The summed E-state index contributed by atoms with van der Waals surface area (Å²) in [6.45, 7) is 4.65. The van der Waals surface area contributed by atoms with Crippen molar-refractivity contribution in [2.24, 2.45) is 0 Å². The summed E-state index contributed by atoms with van der Waals surface area (Å²) < 4.78 is 5.62. The minimum atomic E-state index is -0.591. The Morgan fingerprint density at radius 3 is 2.45 bits per heavy atom. The highest BCUT2D eigenvalue weighted by Gasteiger charge is 2.49. The number of amides is 1. The van der Waals surface area contributed by atoms with E-state index >= 15 is 0 Å². The molecule has 5 nitrogen and oxygen atoms in total. The molecule has 0 spiro atoms. The molecule has 6 heteroatoms. The van der Waals surface area contributed by atoms with Crippen LogP contribution in [0.2, 0.25) is 0 Å². The van der Waals surface area contributed by atoms with Gasteiger partial charge in [-0.1, -0.05) is 26.2 Å². The van der Waals surface area contributed by atoms with Crippen LogP contribution in [0.4, 0.5) is 0 Å². The molecule has 1 aromatic carbocycles. The van der Waals surface area contributed by atoms with E-state index in [0.717, 1.165) is 49.0 Å². The molecule has 1 saturated carbocycles. The van der Waals surface area contributed by atoms with Crippen LogP contribution in [-0.2, 0) is 9.59 Å². The number of nitrogens with zero attached hydrogens (tertiary/aromatic N) is 1. The van der Waals surface area contributed by atoms with Gasteiger partial charge in [0.25, 0.3) is 11.7 Å². The molecule has 4 rings (SSSR count). The average molecular weight is 440 g/mol. The van der Waals surface area contributed by atoms with Crippen LogP contribution in [0.25, 0.3) is 5.76 Å². The van der Waals surface area contributed by atoms with Crippen molar-refractivity contribution in [3.05, 3.63) is 57.3 Å². The number of likely N-dealkylation sites (tertiary alicyclic amines) is 1. The van der Waals surface area contributed by atoms with Gasteiger partial charge in [0, 0.05) is 16.5 Å². The van der Waals surface area contributed by atoms with Crippen LogP contribution in [0.1, 0.15) is 67.5 Å². The van der Waals surface area contributed by atoms with Gasteiger partial charge in [-0.25, -0.2) is 0 Å². The topological polar surface area (TPSA) is 66.8 Å². The molecule has 2 aliphatic rings. The van der Waals surface area contributed by atoms with E-state index in [1.165, 1.54) is 11.3 Å². The molecule has 2 heterocycles. The number of ether oxygens (including phenoxy) is 1. The first kappa shape index (κ1) is 21.6. The molecule has 1 unspecified atom stereocenters. The van der Waals surface area contributed by atoms with Gasteiger partial charge in [-0.2, -0.15) is 0 Å². The van der Waals surface area contributed by atoms with Crippen LogP contribution in [0.15, 0.2) is 41.3 Å². The van der Waals surface area contributed by atoms with Crippen molar-refractivity contribution in [2.45, 2.75) is 64.5 Å². The highest BCUT2D eigenvalue weighted by Crippen LogP contribution is 2.45. The lowest BCUT2D eigenvalue weighted by atomic mass is 9.92. The summed E-state index contributed by atoms with van der Waals surface area (Å²) >= 11 is 1.54. The predicted molar refractivity (Wildman–Crippen MR) is 122 cm³/mol. The van der Waals surface area contributed by atoms with Crippen LogP contribution in [0.3, 0.4) is 0 Å². The maximum Gasteiger partial charge on any atom is 0.295 e. The smallest absolute Gasteiger partial charge is 0.295 e.